The fourth-order valence-electron chi connectivity index (χ4n) is 2.14. The number of nitrogens with one attached hydrogen (secondary N) is 1. The average Bonchev–Trinajstić information content (AvgIpc) is 3.01. The normalized spacial score (nSPS) is 11.2. The van der Waals surface area contributed by atoms with Gasteiger partial charge in [-0.25, -0.2) is 5.10 Å². The molecule has 4 rings (SSSR count). The quantitative estimate of drug-likeness (QED) is 0.519. The Labute approximate surface area is 115 Å². The molecule has 21 heavy (non-hydrogen) atoms. The SMILES string of the molecule is O=c1ccoc2cc3occ(-c4nnn[nH]4)c(=O)c3cc12. The highest BCUT2D eigenvalue weighted by Crippen LogP contribution is 2.20. The van der Waals surface area contributed by atoms with Crippen molar-refractivity contribution in [2.75, 3.05) is 0 Å². The summed E-state index contributed by atoms with van der Waals surface area (Å²) in [6.07, 6.45) is 2.56. The van der Waals surface area contributed by atoms with Gasteiger partial charge in [-0.3, -0.25) is 9.59 Å². The van der Waals surface area contributed by atoms with E-state index in [4.69, 9.17) is 8.83 Å². The molecule has 8 nitrogen and oxygen atoms in total. The smallest absolute Gasteiger partial charge is 0.203 e. The van der Waals surface area contributed by atoms with Crippen LogP contribution in [0.4, 0.5) is 0 Å². The van der Waals surface area contributed by atoms with Gasteiger partial charge >= 0.3 is 0 Å². The predicted molar refractivity (Wildman–Crippen MR) is 71.7 cm³/mol. The van der Waals surface area contributed by atoms with Crippen LogP contribution < -0.4 is 10.9 Å². The van der Waals surface area contributed by atoms with E-state index in [1.807, 2.05) is 0 Å². The Morgan fingerprint density at radius 1 is 1.05 bits per heavy atom. The van der Waals surface area contributed by atoms with Gasteiger partial charge in [0.05, 0.1) is 17.0 Å². The summed E-state index contributed by atoms with van der Waals surface area (Å²) in [4.78, 5) is 24.3. The molecule has 0 spiro atoms. The number of rotatable bonds is 1. The fourth-order valence-corrected chi connectivity index (χ4v) is 2.14. The maximum Gasteiger partial charge on any atom is 0.203 e. The first-order chi connectivity index (χ1) is 10.2. The van der Waals surface area contributed by atoms with Crippen LogP contribution in [-0.2, 0) is 0 Å². The predicted octanol–water partition coefficient (Wildman–Crippen LogP) is 1.08. The number of benzene rings is 1. The maximum atomic E-state index is 12.5. The molecule has 102 valence electrons. The second-order valence-corrected chi connectivity index (χ2v) is 4.36. The zero-order valence-electron chi connectivity index (χ0n) is 10.4. The largest absolute Gasteiger partial charge is 0.464 e. The Morgan fingerprint density at radius 3 is 2.71 bits per heavy atom. The van der Waals surface area contributed by atoms with Crippen LogP contribution in [0.3, 0.4) is 0 Å². The lowest BCUT2D eigenvalue weighted by molar-refractivity contribution is 0.590. The lowest BCUT2D eigenvalue weighted by Gasteiger charge is -2.01. The van der Waals surface area contributed by atoms with Gasteiger partial charge in [-0.05, 0) is 16.5 Å². The van der Waals surface area contributed by atoms with Crippen molar-refractivity contribution in [3.8, 4) is 11.4 Å². The highest BCUT2D eigenvalue weighted by Gasteiger charge is 2.14. The molecule has 0 bridgehead atoms. The number of tetrazole rings is 1. The molecule has 0 fully saturated rings. The van der Waals surface area contributed by atoms with Crippen molar-refractivity contribution >= 4 is 21.9 Å². The summed E-state index contributed by atoms with van der Waals surface area (Å²) in [6, 6.07) is 4.26. The van der Waals surface area contributed by atoms with Gasteiger partial charge < -0.3 is 8.83 Å². The van der Waals surface area contributed by atoms with Crippen molar-refractivity contribution in [1.82, 2.24) is 20.6 Å². The first kappa shape index (κ1) is 11.5. The van der Waals surface area contributed by atoms with Crippen LogP contribution in [-0.4, -0.2) is 20.6 Å². The fraction of sp³-hybridized carbons (Fsp3) is 0. The van der Waals surface area contributed by atoms with Gasteiger partial charge in [-0.2, -0.15) is 0 Å². The van der Waals surface area contributed by atoms with E-state index in [2.05, 4.69) is 20.6 Å². The molecule has 0 amide bonds. The minimum absolute atomic E-state index is 0.187. The Hall–Kier alpha value is -3.29. The minimum Gasteiger partial charge on any atom is -0.464 e. The summed E-state index contributed by atoms with van der Waals surface area (Å²) in [5.74, 6) is 0.200. The first-order valence-corrected chi connectivity index (χ1v) is 5.95. The standard InChI is InChI=1S/C13H6N4O4/c18-9-1-2-20-10-4-11-7(3-6(9)10)12(19)8(5-21-11)13-14-16-17-15-13/h1-5H,(H,14,15,16,17). The van der Waals surface area contributed by atoms with Gasteiger partial charge in [0.1, 0.15) is 23.0 Å². The number of aromatic nitrogens is 4. The second-order valence-electron chi connectivity index (χ2n) is 4.36. The summed E-state index contributed by atoms with van der Waals surface area (Å²) in [6.45, 7) is 0. The average molecular weight is 282 g/mol. The summed E-state index contributed by atoms with van der Waals surface area (Å²) in [5, 5.41) is 13.6. The van der Waals surface area contributed by atoms with Crippen LogP contribution in [0.5, 0.6) is 0 Å². The second kappa shape index (κ2) is 4.10. The van der Waals surface area contributed by atoms with Crippen LogP contribution in [0, 0.1) is 0 Å². The van der Waals surface area contributed by atoms with Crippen LogP contribution >= 0.6 is 0 Å². The van der Waals surface area contributed by atoms with Crippen molar-refractivity contribution < 1.29 is 8.83 Å². The summed E-state index contributed by atoms with van der Waals surface area (Å²) < 4.78 is 10.7. The van der Waals surface area contributed by atoms with E-state index in [9.17, 15) is 9.59 Å². The Kier molecular flexibility index (Phi) is 2.25. The van der Waals surface area contributed by atoms with Gasteiger partial charge in [0.25, 0.3) is 0 Å². The zero-order chi connectivity index (χ0) is 14.4. The van der Waals surface area contributed by atoms with E-state index >= 15 is 0 Å². The van der Waals surface area contributed by atoms with Gasteiger partial charge in [-0.15, -0.1) is 5.10 Å². The van der Waals surface area contributed by atoms with Gasteiger partial charge in [-0.1, -0.05) is 0 Å². The molecule has 0 aliphatic heterocycles. The number of hydrogen-bond donors (Lipinski definition) is 1. The monoisotopic (exact) mass is 282 g/mol. The number of H-pyrrole nitrogens is 1. The summed E-state index contributed by atoms with van der Waals surface area (Å²) in [7, 11) is 0. The molecule has 4 aromatic rings. The van der Waals surface area contributed by atoms with Gasteiger partial charge in [0.15, 0.2) is 11.3 Å². The molecule has 0 radical (unpaired) electrons. The zero-order valence-corrected chi connectivity index (χ0v) is 10.4. The van der Waals surface area contributed by atoms with E-state index in [1.165, 1.54) is 30.7 Å². The summed E-state index contributed by atoms with van der Waals surface area (Å²) in [5.41, 5.74) is 0.293. The molecule has 0 unspecified atom stereocenters. The molecular weight excluding hydrogens is 276 g/mol. The number of fused-ring (bicyclic) bond motifs is 2. The van der Waals surface area contributed by atoms with E-state index in [1.54, 1.807) is 0 Å². The van der Waals surface area contributed by atoms with Crippen molar-refractivity contribution in [3.63, 3.8) is 0 Å². The number of hydrogen-bond acceptors (Lipinski definition) is 7. The first-order valence-electron chi connectivity index (χ1n) is 5.95. The molecule has 1 N–H and O–H groups in total. The van der Waals surface area contributed by atoms with Gasteiger partial charge in [0.2, 0.25) is 5.43 Å². The molecule has 3 aromatic heterocycles. The van der Waals surface area contributed by atoms with E-state index < -0.39 is 0 Å². The third-order valence-corrected chi connectivity index (χ3v) is 3.16. The van der Waals surface area contributed by atoms with E-state index in [-0.39, 0.29) is 27.6 Å². The molecule has 0 aliphatic rings. The van der Waals surface area contributed by atoms with Crippen molar-refractivity contribution in [2.45, 2.75) is 0 Å². The Morgan fingerprint density at radius 2 is 1.90 bits per heavy atom. The molecule has 0 atom stereocenters. The summed E-state index contributed by atoms with van der Waals surface area (Å²) >= 11 is 0. The van der Waals surface area contributed by atoms with Crippen molar-refractivity contribution in [1.29, 1.82) is 0 Å². The third-order valence-electron chi connectivity index (χ3n) is 3.16. The van der Waals surface area contributed by atoms with Crippen LogP contribution in [0.25, 0.3) is 33.3 Å². The lowest BCUT2D eigenvalue weighted by Crippen LogP contribution is -2.07. The maximum absolute atomic E-state index is 12.5. The molecule has 3 heterocycles. The van der Waals surface area contributed by atoms with Crippen molar-refractivity contribution in [3.05, 3.63) is 51.2 Å². The van der Waals surface area contributed by atoms with Crippen molar-refractivity contribution in [2.24, 2.45) is 0 Å². The van der Waals surface area contributed by atoms with E-state index in [0.29, 0.717) is 16.6 Å². The third kappa shape index (κ3) is 1.66. The molecular formula is C13H6N4O4. The molecule has 0 aliphatic carbocycles. The molecule has 8 heteroatoms. The van der Waals surface area contributed by atoms with Crippen LogP contribution in [0.1, 0.15) is 0 Å². The lowest BCUT2D eigenvalue weighted by atomic mass is 10.1. The molecule has 0 saturated heterocycles. The molecule has 1 aromatic carbocycles. The van der Waals surface area contributed by atoms with Gasteiger partial charge in [0, 0.05) is 12.1 Å². The topological polar surface area (TPSA) is 115 Å². The number of nitrogens with zero attached hydrogens (tertiary/aromatic N) is 3. The van der Waals surface area contributed by atoms with Crippen LogP contribution in [0.15, 0.2) is 49.1 Å². The number of aromatic amines is 1. The molecule has 0 saturated carbocycles. The highest BCUT2D eigenvalue weighted by atomic mass is 16.3. The highest BCUT2D eigenvalue weighted by molar-refractivity contribution is 5.93. The minimum atomic E-state index is -0.333. The van der Waals surface area contributed by atoms with Crippen LogP contribution in [0.2, 0.25) is 0 Å². The van der Waals surface area contributed by atoms with E-state index in [0.717, 1.165) is 0 Å². The Bertz CT molecular complexity index is 1080. The Balaban J connectivity index is 2.14.